The molecule has 0 spiro atoms. The molecular weight excluding hydrogens is 232 g/mol. The number of likely N-dealkylation sites (tertiary alicyclic amines) is 1. The molecule has 1 aliphatic heterocycles. The quantitative estimate of drug-likeness (QED) is 0.678. The zero-order valence-corrected chi connectivity index (χ0v) is 13.9. The van der Waals surface area contributed by atoms with Crippen LogP contribution in [0.4, 0.5) is 0 Å². The smallest absolute Gasteiger partial charge is 0.0249 e. The average molecular weight is 268 g/mol. The molecule has 0 amide bonds. The van der Waals surface area contributed by atoms with Gasteiger partial charge in [0.05, 0.1) is 0 Å². The molecule has 2 nitrogen and oxygen atoms in total. The largest absolute Gasteiger partial charge is 0.312 e. The molecule has 1 heterocycles. The maximum atomic E-state index is 3.82. The van der Waals surface area contributed by atoms with Crippen molar-refractivity contribution in [2.75, 3.05) is 13.1 Å². The number of hydrogen-bond donors (Lipinski definition) is 1. The minimum atomic E-state index is 0.689. The van der Waals surface area contributed by atoms with Crippen molar-refractivity contribution in [3.63, 3.8) is 0 Å². The second-order valence-electron chi connectivity index (χ2n) is 6.52. The number of nitrogens with one attached hydrogen (secondary N) is 1. The molecule has 3 atom stereocenters. The second kappa shape index (κ2) is 8.97. The van der Waals surface area contributed by atoms with E-state index in [0.29, 0.717) is 6.04 Å². The van der Waals surface area contributed by atoms with Gasteiger partial charge in [-0.15, -0.1) is 0 Å². The van der Waals surface area contributed by atoms with Crippen LogP contribution >= 0.6 is 0 Å². The Morgan fingerprint density at radius 2 is 1.89 bits per heavy atom. The highest BCUT2D eigenvalue weighted by atomic mass is 15.2. The van der Waals surface area contributed by atoms with E-state index in [1.807, 2.05) is 0 Å². The fraction of sp³-hybridized carbons (Fsp3) is 1.00. The summed E-state index contributed by atoms with van der Waals surface area (Å²) in [7, 11) is 0. The van der Waals surface area contributed by atoms with Crippen molar-refractivity contribution < 1.29 is 0 Å². The highest BCUT2D eigenvalue weighted by molar-refractivity contribution is 4.91. The predicted molar refractivity (Wildman–Crippen MR) is 85.6 cm³/mol. The molecule has 0 aliphatic carbocycles. The summed E-state index contributed by atoms with van der Waals surface area (Å²) in [4.78, 5) is 2.83. The van der Waals surface area contributed by atoms with Crippen molar-refractivity contribution in [1.29, 1.82) is 0 Å². The Labute approximate surface area is 121 Å². The normalized spacial score (nSPS) is 24.0. The van der Waals surface area contributed by atoms with E-state index in [9.17, 15) is 0 Å². The first-order valence-electron chi connectivity index (χ1n) is 8.64. The van der Waals surface area contributed by atoms with Gasteiger partial charge in [-0.05, 0) is 51.1 Å². The van der Waals surface area contributed by atoms with Crippen LogP contribution in [0.15, 0.2) is 0 Å². The van der Waals surface area contributed by atoms with Crippen molar-refractivity contribution in [3.8, 4) is 0 Å². The van der Waals surface area contributed by atoms with Crippen molar-refractivity contribution in [2.45, 2.75) is 91.3 Å². The van der Waals surface area contributed by atoms with Gasteiger partial charge in [-0.1, -0.05) is 41.0 Å². The SMILES string of the molecule is CCCNC(CCC)C(CC)N1CCCC1C(C)C. The summed E-state index contributed by atoms with van der Waals surface area (Å²) >= 11 is 0. The van der Waals surface area contributed by atoms with Crippen LogP contribution in [0.2, 0.25) is 0 Å². The van der Waals surface area contributed by atoms with E-state index in [2.05, 4.69) is 44.8 Å². The summed E-state index contributed by atoms with van der Waals surface area (Å²) in [5.74, 6) is 0.796. The Morgan fingerprint density at radius 3 is 2.42 bits per heavy atom. The van der Waals surface area contributed by atoms with Crippen LogP contribution in [-0.4, -0.2) is 36.1 Å². The van der Waals surface area contributed by atoms with E-state index in [0.717, 1.165) is 18.0 Å². The van der Waals surface area contributed by atoms with Gasteiger partial charge in [-0.2, -0.15) is 0 Å². The first kappa shape index (κ1) is 17.0. The number of hydrogen-bond acceptors (Lipinski definition) is 2. The molecule has 3 unspecified atom stereocenters. The summed E-state index contributed by atoms with van der Waals surface area (Å²) in [6.45, 7) is 14.2. The highest BCUT2D eigenvalue weighted by Crippen LogP contribution is 2.29. The minimum Gasteiger partial charge on any atom is -0.312 e. The van der Waals surface area contributed by atoms with Crippen LogP contribution in [0, 0.1) is 5.92 Å². The number of nitrogens with zero attached hydrogens (tertiary/aromatic N) is 1. The Bertz CT molecular complexity index is 227. The fourth-order valence-electron chi connectivity index (χ4n) is 3.76. The maximum Gasteiger partial charge on any atom is 0.0249 e. The lowest BCUT2D eigenvalue weighted by Crippen LogP contribution is -2.52. The lowest BCUT2D eigenvalue weighted by atomic mass is 9.95. The summed E-state index contributed by atoms with van der Waals surface area (Å²) in [6, 6.07) is 2.24. The van der Waals surface area contributed by atoms with Crippen LogP contribution in [0.5, 0.6) is 0 Å². The number of rotatable bonds is 9. The molecular formula is C17H36N2. The molecule has 0 bridgehead atoms. The van der Waals surface area contributed by atoms with Gasteiger partial charge >= 0.3 is 0 Å². The van der Waals surface area contributed by atoms with Gasteiger partial charge in [0.2, 0.25) is 0 Å². The molecule has 1 fully saturated rings. The van der Waals surface area contributed by atoms with Crippen molar-refractivity contribution in [1.82, 2.24) is 10.2 Å². The molecule has 0 radical (unpaired) electrons. The lowest BCUT2D eigenvalue weighted by Gasteiger charge is -2.39. The van der Waals surface area contributed by atoms with Crippen LogP contribution in [0.25, 0.3) is 0 Å². The third-order valence-electron chi connectivity index (χ3n) is 4.68. The van der Waals surface area contributed by atoms with Crippen molar-refractivity contribution in [2.24, 2.45) is 5.92 Å². The summed E-state index contributed by atoms with van der Waals surface area (Å²) in [5, 5.41) is 3.82. The van der Waals surface area contributed by atoms with E-state index >= 15 is 0 Å². The fourth-order valence-corrected chi connectivity index (χ4v) is 3.76. The summed E-state index contributed by atoms with van der Waals surface area (Å²) in [6.07, 6.45) is 7.93. The molecule has 114 valence electrons. The third-order valence-corrected chi connectivity index (χ3v) is 4.68. The molecule has 0 saturated carbocycles. The standard InChI is InChI=1S/C17H36N2/c1-6-10-15(18-12-7-2)16(8-3)19-13-9-11-17(19)14(4)5/h14-18H,6-13H2,1-5H3. The van der Waals surface area contributed by atoms with Gasteiger partial charge < -0.3 is 5.32 Å². The Hall–Kier alpha value is -0.0800. The molecule has 2 heteroatoms. The Balaban J connectivity index is 2.71. The molecule has 1 saturated heterocycles. The molecule has 0 aromatic carbocycles. The first-order chi connectivity index (χ1) is 9.15. The Kier molecular flexibility index (Phi) is 8.01. The topological polar surface area (TPSA) is 15.3 Å². The highest BCUT2D eigenvalue weighted by Gasteiger charge is 2.34. The van der Waals surface area contributed by atoms with Gasteiger partial charge in [0.25, 0.3) is 0 Å². The lowest BCUT2D eigenvalue weighted by molar-refractivity contribution is 0.108. The molecule has 0 aromatic heterocycles. The predicted octanol–water partition coefficient (Wildman–Crippen LogP) is 4.05. The van der Waals surface area contributed by atoms with Gasteiger partial charge in [-0.25, -0.2) is 0 Å². The summed E-state index contributed by atoms with van der Waals surface area (Å²) in [5.41, 5.74) is 0. The monoisotopic (exact) mass is 268 g/mol. The minimum absolute atomic E-state index is 0.689. The van der Waals surface area contributed by atoms with Crippen LogP contribution in [-0.2, 0) is 0 Å². The second-order valence-corrected chi connectivity index (χ2v) is 6.52. The van der Waals surface area contributed by atoms with E-state index in [-0.39, 0.29) is 0 Å². The first-order valence-corrected chi connectivity index (χ1v) is 8.64. The van der Waals surface area contributed by atoms with Crippen LogP contribution in [0.1, 0.15) is 73.1 Å². The molecule has 1 N–H and O–H groups in total. The van der Waals surface area contributed by atoms with E-state index < -0.39 is 0 Å². The summed E-state index contributed by atoms with van der Waals surface area (Å²) < 4.78 is 0. The van der Waals surface area contributed by atoms with Gasteiger partial charge in [0.15, 0.2) is 0 Å². The molecule has 1 aliphatic rings. The Morgan fingerprint density at radius 1 is 1.16 bits per heavy atom. The molecule has 1 rings (SSSR count). The van der Waals surface area contributed by atoms with Crippen LogP contribution in [0.3, 0.4) is 0 Å². The zero-order valence-electron chi connectivity index (χ0n) is 13.9. The molecule has 19 heavy (non-hydrogen) atoms. The van der Waals surface area contributed by atoms with Crippen LogP contribution < -0.4 is 5.32 Å². The molecule has 0 aromatic rings. The average Bonchev–Trinajstić information content (AvgIpc) is 2.86. The maximum absolute atomic E-state index is 3.82. The van der Waals surface area contributed by atoms with Gasteiger partial charge in [-0.3, -0.25) is 4.90 Å². The van der Waals surface area contributed by atoms with Gasteiger partial charge in [0, 0.05) is 18.1 Å². The van der Waals surface area contributed by atoms with E-state index in [1.54, 1.807) is 0 Å². The van der Waals surface area contributed by atoms with Crippen molar-refractivity contribution >= 4 is 0 Å². The van der Waals surface area contributed by atoms with E-state index in [1.165, 1.54) is 51.6 Å². The van der Waals surface area contributed by atoms with Gasteiger partial charge in [0.1, 0.15) is 0 Å². The van der Waals surface area contributed by atoms with E-state index in [4.69, 9.17) is 0 Å². The van der Waals surface area contributed by atoms with Crippen molar-refractivity contribution in [3.05, 3.63) is 0 Å². The third kappa shape index (κ3) is 4.75. The zero-order chi connectivity index (χ0) is 14.3.